The van der Waals surface area contributed by atoms with E-state index in [2.05, 4.69) is 20.7 Å². The molecule has 0 fully saturated rings. The van der Waals surface area contributed by atoms with E-state index in [9.17, 15) is 14.4 Å². The molecule has 39 heavy (non-hydrogen) atoms. The third-order valence-corrected chi connectivity index (χ3v) is 6.19. The quantitative estimate of drug-likeness (QED) is 0.167. The van der Waals surface area contributed by atoms with Crippen LogP contribution >= 0.6 is 15.9 Å². The lowest BCUT2D eigenvalue weighted by molar-refractivity contribution is 0.0463. The number of ether oxygens (including phenoxy) is 3. The molecule has 0 atom stereocenters. The highest BCUT2D eigenvalue weighted by Crippen LogP contribution is 2.17. The Bertz CT molecular complexity index is 1420. The summed E-state index contributed by atoms with van der Waals surface area (Å²) in [5.74, 6) is -1.13. The van der Waals surface area contributed by atoms with Crippen LogP contribution in [0.2, 0.25) is 0 Å². The van der Waals surface area contributed by atoms with Crippen molar-refractivity contribution in [1.82, 2.24) is 0 Å². The third-order valence-electron chi connectivity index (χ3n) is 5.70. The van der Waals surface area contributed by atoms with Crippen LogP contribution < -0.4 is 0 Å². The maximum Gasteiger partial charge on any atom is 0.338 e. The Morgan fingerprint density at radius 3 is 1.51 bits per heavy atom. The zero-order chi connectivity index (χ0) is 28.2. The summed E-state index contributed by atoms with van der Waals surface area (Å²) in [6, 6.07) is 29.4. The Kier molecular flexibility index (Phi) is 11.0. The van der Waals surface area contributed by atoms with Gasteiger partial charge in [0.2, 0.25) is 0 Å². The van der Waals surface area contributed by atoms with Crippen molar-refractivity contribution < 1.29 is 28.6 Å². The molecule has 0 aromatic heterocycles. The molecule has 0 heterocycles. The number of esters is 3. The summed E-state index contributed by atoms with van der Waals surface area (Å²) in [5.41, 5.74) is 4.95. The molecule has 200 valence electrons. The van der Waals surface area contributed by atoms with Crippen LogP contribution in [0.3, 0.4) is 0 Å². The molecule has 0 unspecified atom stereocenters. The largest absolute Gasteiger partial charge is 0.465 e. The van der Waals surface area contributed by atoms with E-state index in [0.29, 0.717) is 28.9 Å². The third kappa shape index (κ3) is 8.93. The highest BCUT2D eigenvalue weighted by molar-refractivity contribution is 9.10. The average Bonchev–Trinajstić information content (AvgIpc) is 2.95. The molecule has 0 N–H and O–H groups in total. The number of carbonyl (C=O) groups is 3. The van der Waals surface area contributed by atoms with E-state index in [1.165, 1.54) is 7.11 Å². The first-order valence-corrected chi connectivity index (χ1v) is 12.9. The van der Waals surface area contributed by atoms with Crippen molar-refractivity contribution in [3.05, 3.63) is 140 Å². The van der Waals surface area contributed by atoms with Crippen LogP contribution in [0.4, 0.5) is 0 Å². The SMILES string of the molecule is COC(=O)c1ccc(C(=O)OCc2ccccc2)c(C)c1.Cc1cc(Br)ccc1C(=O)OCc1ccccc1. The van der Waals surface area contributed by atoms with Gasteiger partial charge in [0, 0.05) is 4.47 Å². The Balaban J connectivity index is 0.000000218. The summed E-state index contributed by atoms with van der Waals surface area (Å²) in [6.07, 6.45) is 0. The smallest absolute Gasteiger partial charge is 0.338 e. The van der Waals surface area contributed by atoms with Gasteiger partial charge in [-0.15, -0.1) is 0 Å². The fourth-order valence-electron chi connectivity index (χ4n) is 3.60. The zero-order valence-electron chi connectivity index (χ0n) is 22.0. The van der Waals surface area contributed by atoms with Gasteiger partial charge < -0.3 is 14.2 Å². The van der Waals surface area contributed by atoms with Crippen molar-refractivity contribution in [2.45, 2.75) is 27.1 Å². The predicted molar refractivity (Wildman–Crippen MR) is 153 cm³/mol. The predicted octanol–water partition coefficient (Wildman–Crippen LogP) is 7.25. The molecule has 0 saturated heterocycles. The molecule has 0 aliphatic heterocycles. The summed E-state index contributed by atoms with van der Waals surface area (Å²) < 4.78 is 16.1. The molecule has 0 radical (unpaired) electrons. The molecule has 0 saturated carbocycles. The fraction of sp³-hybridized carbons (Fsp3) is 0.156. The first-order valence-electron chi connectivity index (χ1n) is 12.2. The second-order valence-electron chi connectivity index (χ2n) is 8.60. The minimum Gasteiger partial charge on any atom is -0.465 e. The number of rotatable bonds is 7. The van der Waals surface area contributed by atoms with Gasteiger partial charge in [0.05, 0.1) is 23.8 Å². The summed E-state index contributed by atoms with van der Waals surface area (Å²) >= 11 is 3.37. The second-order valence-corrected chi connectivity index (χ2v) is 9.52. The molecule has 4 rings (SSSR count). The summed E-state index contributed by atoms with van der Waals surface area (Å²) in [6.45, 7) is 4.17. The highest BCUT2D eigenvalue weighted by atomic mass is 79.9. The lowest BCUT2D eigenvalue weighted by Crippen LogP contribution is -2.09. The van der Waals surface area contributed by atoms with E-state index in [1.54, 1.807) is 31.2 Å². The summed E-state index contributed by atoms with van der Waals surface area (Å²) in [4.78, 5) is 35.4. The number of hydrogen-bond acceptors (Lipinski definition) is 6. The van der Waals surface area contributed by atoms with Gasteiger partial charge in [0.15, 0.2) is 0 Å². The van der Waals surface area contributed by atoms with Gasteiger partial charge >= 0.3 is 17.9 Å². The van der Waals surface area contributed by atoms with Gasteiger partial charge in [-0.1, -0.05) is 76.6 Å². The molecule has 0 aliphatic carbocycles. The number of carbonyl (C=O) groups excluding carboxylic acids is 3. The van der Waals surface area contributed by atoms with Gasteiger partial charge in [-0.3, -0.25) is 0 Å². The maximum atomic E-state index is 12.1. The van der Waals surface area contributed by atoms with Crippen LogP contribution in [0.1, 0.15) is 53.3 Å². The van der Waals surface area contributed by atoms with E-state index in [-0.39, 0.29) is 12.6 Å². The van der Waals surface area contributed by atoms with Crippen LogP contribution in [-0.2, 0) is 27.4 Å². The number of halogens is 1. The summed E-state index contributed by atoms with van der Waals surface area (Å²) in [7, 11) is 1.32. The zero-order valence-corrected chi connectivity index (χ0v) is 23.6. The molecule has 6 nitrogen and oxygen atoms in total. The van der Waals surface area contributed by atoms with Crippen molar-refractivity contribution >= 4 is 33.8 Å². The molecule has 0 amide bonds. The van der Waals surface area contributed by atoms with Gasteiger partial charge in [-0.2, -0.15) is 0 Å². The van der Waals surface area contributed by atoms with Gasteiger partial charge in [-0.05, 0) is 72.5 Å². The van der Waals surface area contributed by atoms with Crippen LogP contribution in [0.15, 0.2) is 102 Å². The van der Waals surface area contributed by atoms with Crippen LogP contribution in [0.25, 0.3) is 0 Å². The molecule has 7 heteroatoms. The van der Waals surface area contributed by atoms with Gasteiger partial charge in [0.1, 0.15) is 13.2 Å². The Labute approximate surface area is 236 Å². The molecule has 0 spiro atoms. The van der Waals surface area contributed by atoms with Crippen molar-refractivity contribution in [1.29, 1.82) is 0 Å². The topological polar surface area (TPSA) is 78.9 Å². The normalized spacial score (nSPS) is 10.1. The lowest BCUT2D eigenvalue weighted by atomic mass is 10.1. The first kappa shape index (κ1) is 29.3. The molecule has 4 aromatic rings. The average molecular weight is 589 g/mol. The van der Waals surface area contributed by atoms with Crippen molar-refractivity contribution in [2.75, 3.05) is 7.11 Å². The van der Waals surface area contributed by atoms with Gasteiger partial charge in [-0.25, -0.2) is 14.4 Å². The molecule has 0 aliphatic rings. The van der Waals surface area contributed by atoms with E-state index in [0.717, 1.165) is 21.2 Å². The number of aryl methyl sites for hydroxylation is 2. The fourth-order valence-corrected chi connectivity index (χ4v) is 4.07. The second kappa shape index (κ2) is 14.6. The van der Waals surface area contributed by atoms with E-state index in [4.69, 9.17) is 9.47 Å². The lowest BCUT2D eigenvalue weighted by Gasteiger charge is -2.08. The molecule has 4 aromatic carbocycles. The van der Waals surface area contributed by atoms with Gasteiger partial charge in [0.25, 0.3) is 0 Å². The van der Waals surface area contributed by atoms with Crippen LogP contribution in [0.5, 0.6) is 0 Å². The first-order chi connectivity index (χ1) is 18.8. The molecular weight excluding hydrogens is 560 g/mol. The van der Waals surface area contributed by atoms with Crippen molar-refractivity contribution in [3.8, 4) is 0 Å². The number of benzene rings is 4. The highest BCUT2D eigenvalue weighted by Gasteiger charge is 2.14. The van der Waals surface area contributed by atoms with Crippen LogP contribution in [0, 0.1) is 13.8 Å². The van der Waals surface area contributed by atoms with Crippen molar-refractivity contribution in [3.63, 3.8) is 0 Å². The van der Waals surface area contributed by atoms with E-state index in [1.807, 2.05) is 79.7 Å². The Morgan fingerprint density at radius 2 is 1.08 bits per heavy atom. The maximum absolute atomic E-state index is 12.1. The van der Waals surface area contributed by atoms with E-state index >= 15 is 0 Å². The van der Waals surface area contributed by atoms with Crippen LogP contribution in [-0.4, -0.2) is 25.0 Å². The number of methoxy groups -OCH3 is 1. The van der Waals surface area contributed by atoms with E-state index < -0.39 is 11.9 Å². The number of hydrogen-bond donors (Lipinski definition) is 0. The molecular formula is C32H29BrO6. The van der Waals surface area contributed by atoms with Crippen molar-refractivity contribution in [2.24, 2.45) is 0 Å². The monoisotopic (exact) mass is 588 g/mol. The standard InChI is InChI=1S/C17H16O4.C15H13BrO2/c1-12-10-14(16(18)20-2)8-9-15(12)17(19)21-11-13-6-4-3-5-7-13;1-11-9-13(16)7-8-14(11)15(17)18-10-12-5-3-2-4-6-12/h3-10H,11H2,1-2H3;2-9H,10H2,1H3. The summed E-state index contributed by atoms with van der Waals surface area (Å²) in [5, 5.41) is 0. The minimum absolute atomic E-state index is 0.220. The molecule has 0 bridgehead atoms. The Morgan fingerprint density at radius 1 is 0.615 bits per heavy atom. The Hall–Kier alpha value is -4.23. The minimum atomic E-state index is -0.428.